The van der Waals surface area contributed by atoms with Gasteiger partial charge in [-0.05, 0) is 61.9 Å². The molecule has 2 aromatic carbocycles. The number of benzene rings is 2. The fourth-order valence-corrected chi connectivity index (χ4v) is 3.03. The Morgan fingerprint density at radius 3 is 2.52 bits per heavy atom. The zero-order chi connectivity index (χ0) is 20.2. The van der Waals surface area contributed by atoms with Crippen LogP contribution in [0, 0.1) is 0 Å². The van der Waals surface area contributed by atoms with Crippen molar-refractivity contribution in [3.63, 3.8) is 0 Å². The van der Waals surface area contributed by atoms with Crippen LogP contribution in [0.5, 0.6) is 5.75 Å². The highest BCUT2D eigenvalue weighted by Crippen LogP contribution is 2.21. The minimum atomic E-state index is 0.00401. The summed E-state index contributed by atoms with van der Waals surface area (Å²) >= 11 is 0. The number of nitrogens with one attached hydrogen (secondary N) is 1. The summed E-state index contributed by atoms with van der Waals surface area (Å²) in [6.07, 6.45) is 2.18. The number of amides is 1. The van der Waals surface area contributed by atoms with Crippen LogP contribution in [0.2, 0.25) is 0 Å². The zero-order valence-corrected chi connectivity index (χ0v) is 16.6. The van der Waals surface area contributed by atoms with Crippen molar-refractivity contribution < 1.29 is 14.1 Å². The highest BCUT2D eigenvalue weighted by atomic mass is 16.5. The second-order valence-corrected chi connectivity index (χ2v) is 7.36. The standard InChI is InChI=1S/C22H24N4O3/c1-26(13-15-3-5-17(6-4-15)22(27)23-18-9-10-18)14-20-24-21(25-29-20)16-7-11-19(28-2)12-8-16/h3-8,11-12,18H,9-10,13-14H2,1-2H3,(H,23,27). The van der Waals surface area contributed by atoms with Crippen LogP contribution in [-0.4, -0.2) is 41.1 Å². The van der Waals surface area contributed by atoms with E-state index in [9.17, 15) is 4.79 Å². The summed E-state index contributed by atoms with van der Waals surface area (Å²) in [6, 6.07) is 15.6. The molecule has 3 aromatic rings. The summed E-state index contributed by atoms with van der Waals surface area (Å²) in [4.78, 5) is 18.6. The van der Waals surface area contributed by atoms with Crippen molar-refractivity contribution in [3.05, 3.63) is 65.5 Å². The SMILES string of the molecule is COc1ccc(-c2noc(CN(C)Cc3ccc(C(=O)NC4CC4)cc3)n2)cc1. The number of carbonyl (C=O) groups excluding carboxylic acids is 1. The first-order valence-corrected chi connectivity index (χ1v) is 9.66. The number of methoxy groups -OCH3 is 1. The van der Waals surface area contributed by atoms with Crippen LogP contribution in [0.15, 0.2) is 53.1 Å². The van der Waals surface area contributed by atoms with Crippen LogP contribution in [0.4, 0.5) is 0 Å². The summed E-state index contributed by atoms with van der Waals surface area (Å²) < 4.78 is 10.6. The molecule has 1 saturated carbocycles. The fraction of sp³-hybridized carbons (Fsp3) is 0.318. The van der Waals surface area contributed by atoms with Crippen LogP contribution < -0.4 is 10.1 Å². The molecule has 0 spiro atoms. The monoisotopic (exact) mass is 392 g/mol. The van der Waals surface area contributed by atoms with Crippen molar-refractivity contribution in [3.8, 4) is 17.1 Å². The number of carbonyl (C=O) groups is 1. The van der Waals surface area contributed by atoms with Crippen LogP contribution in [-0.2, 0) is 13.1 Å². The molecule has 0 unspecified atom stereocenters. The van der Waals surface area contributed by atoms with E-state index in [0.29, 0.717) is 36.4 Å². The summed E-state index contributed by atoms with van der Waals surface area (Å²) in [5.74, 6) is 1.90. The Bertz CT molecular complexity index is 962. The molecule has 7 nitrogen and oxygen atoms in total. The van der Waals surface area contributed by atoms with Gasteiger partial charge in [0.2, 0.25) is 11.7 Å². The Labute approximate surface area is 169 Å². The number of rotatable bonds is 8. The van der Waals surface area contributed by atoms with Crippen LogP contribution in [0.25, 0.3) is 11.4 Å². The molecule has 1 aliphatic rings. The van der Waals surface area contributed by atoms with E-state index >= 15 is 0 Å². The second kappa shape index (κ2) is 8.45. The molecule has 150 valence electrons. The van der Waals surface area contributed by atoms with Gasteiger partial charge in [0, 0.05) is 23.7 Å². The van der Waals surface area contributed by atoms with E-state index in [4.69, 9.17) is 9.26 Å². The van der Waals surface area contributed by atoms with Crippen molar-refractivity contribution in [1.29, 1.82) is 0 Å². The topological polar surface area (TPSA) is 80.5 Å². The van der Waals surface area contributed by atoms with Crippen LogP contribution in [0.3, 0.4) is 0 Å². The van der Waals surface area contributed by atoms with Crippen LogP contribution >= 0.6 is 0 Å². The van der Waals surface area contributed by atoms with Crippen molar-refractivity contribution in [2.75, 3.05) is 14.2 Å². The maximum absolute atomic E-state index is 12.1. The predicted octanol–water partition coefficient (Wildman–Crippen LogP) is 3.27. The van der Waals surface area contributed by atoms with E-state index in [2.05, 4.69) is 20.4 Å². The number of aromatic nitrogens is 2. The molecule has 0 radical (unpaired) electrons. The summed E-state index contributed by atoms with van der Waals surface area (Å²) in [6.45, 7) is 1.25. The van der Waals surface area contributed by atoms with E-state index in [1.165, 1.54) is 0 Å². The minimum Gasteiger partial charge on any atom is -0.497 e. The average molecular weight is 392 g/mol. The largest absolute Gasteiger partial charge is 0.497 e. The molecule has 0 aliphatic heterocycles. The molecule has 0 bridgehead atoms. The third kappa shape index (κ3) is 5.00. The van der Waals surface area contributed by atoms with Crippen LogP contribution in [0.1, 0.15) is 34.7 Å². The molecule has 1 aliphatic carbocycles. The third-order valence-electron chi connectivity index (χ3n) is 4.80. The van der Waals surface area contributed by atoms with E-state index in [1.54, 1.807) is 7.11 Å². The molecule has 1 fully saturated rings. The van der Waals surface area contributed by atoms with Gasteiger partial charge in [0.15, 0.2) is 0 Å². The molecule has 4 rings (SSSR count). The van der Waals surface area contributed by atoms with Gasteiger partial charge in [0.1, 0.15) is 5.75 Å². The third-order valence-corrected chi connectivity index (χ3v) is 4.80. The van der Waals surface area contributed by atoms with E-state index in [0.717, 1.165) is 29.7 Å². The maximum Gasteiger partial charge on any atom is 0.251 e. The molecular weight excluding hydrogens is 368 g/mol. The van der Waals surface area contributed by atoms with Crippen molar-refractivity contribution in [1.82, 2.24) is 20.4 Å². The lowest BCUT2D eigenvalue weighted by Gasteiger charge is -2.14. The van der Waals surface area contributed by atoms with Gasteiger partial charge in [-0.1, -0.05) is 17.3 Å². The lowest BCUT2D eigenvalue weighted by atomic mass is 10.1. The number of nitrogens with zero attached hydrogens (tertiary/aromatic N) is 3. The first-order chi connectivity index (χ1) is 14.1. The Hall–Kier alpha value is -3.19. The smallest absolute Gasteiger partial charge is 0.251 e. The normalized spacial score (nSPS) is 13.5. The van der Waals surface area contributed by atoms with Gasteiger partial charge in [-0.3, -0.25) is 9.69 Å². The Morgan fingerprint density at radius 1 is 1.14 bits per heavy atom. The number of ether oxygens (including phenoxy) is 1. The van der Waals surface area contributed by atoms with Gasteiger partial charge in [-0.25, -0.2) is 0 Å². The van der Waals surface area contributed by atoms with E-state index in [-0.39, 0.29) is 5.91 Å². The lowest BCUT2D eigenvalue weighted by Crippen LogP contribution is -2.25. The van der Waals surface area contributed by atoms with Crippen molar-refractivity contribution >= 4 is 5.91 Å². The van der Waals surface area contributed by atoms with Crippen molar-refractivity contribution in [2.45, 2.75) is 32.0 Å². The second-order valence-electron chi connectivity index (χ2n) is 7.36. The Kier molecular flexibility index (Phi) is 5.57. The molecule has 0 atom stereocenters. The summed E-state index contributed by atoms with van der Waals surface area (Å²) in [5.41, 5.74) is 2.69. The molecule has 0 saturated heterocycles. The Morgan fingerprint density at radius 2 is 1.86 bits per heavy atom. The van der Waals surface area contributed by atoms with Gasteiger partial charge >= 0.3 is 0 Å². The minimum absolute atomic E-state index is 0.00401. The molecular formula is C22H24N4O3. The first-order valence-electron chi connectivity index (χ1n) is 9.66. The maximum atomic E-state index is 12.1. The highest BCUT2D eigenvalue weighted by molar-refractivity contribution is 5.94. The molecule has 7 heteroatoms. The van der Waals surface area contributed by atoms with E-state index < -0.39 is 0 Å². The molecule has 1 heterocycles. The first kappa shape index (κ1) is 19.1. The van der Waals surface area contributed by atoms with Gasteiger partial charge in [-0.15, -0.1) is 0 Å². The van der Waals surface area contributed by atoms with Gasteiger partial charge < -0.3 is 14.6 Å². The molecule has 1 aromatic heterocycles. The predicted molar refractivity (Wildman–Crippen MR) is 108 cm³/mol. The fourth-order valence-electron chi connectivity index (χ4n) is 3.03. The Balaban J connectivity index is 1.32. The van der Waals surface area contributed by atoms with E-state index in [1.807, 2.05) is 55.6 Å². The molecule has 1 amide bonds. The van der Waals surface area contributed by atoms with Gasteiger partial charge in [-0.2, -0.15) is 4.98 Å². The molecule has 1 N–H and O–H groups in total. The quantitative estimate of drug-likeness (QED) is 0.634. The van der Waals surface area contributed by atoms with Crippen molar-refractivity contribution in [2.24, 2.45) is 0 Å². The van der Waals surface area contributed by atoms with Gasteiger partial charge in [0.05, 0.1) is 13.7 Å². The summed E-state index contributed by atoms with van der Waals surface area (Å²) in [5, 5.41) is 7.06. The highest BCUT2D eigenvalue weighted by Gasteiger charge is 2.23. The lowest BCUT2D eigenvalue weighted by molar-refractivity contribution is 0.0951. The number of hydrogen-bond acceptors (Lipinski definition) is 6. The number of hydrogen-bond donors (Lipinski definition) is 1. The molecule has 29 heavy (non-hydrogen) atoms. The zero-order valence-electron chi connectivity index (χ0n) is 16.6. The average Bonchev–Trinajstić information content (AvgIpc) is 3.43. The summed E-state index contributed by atoms with van der Waals surface area (Å²) in [7, 11) is 3.62. The van der Waals surface area contributed by atoms with Gasteiger partial charge in [0.25, 0.3) is 5.91 Å².